The van der Waals surface area contributed by atoms with Crippen molar-refractivity contribution in [3.05, 3.63) is 29.8 Å². The van der Waals surface area contributed by atoms with Gasteiger partial charge in [-0.25, -0.2) is 0 Å². The Hall–Kier alpha value is -1.51. The van der Waals surface area contributed by atoms with Crippen LogP contribution in [0, 0.1) is 5.92 Å². The zero-order valence-electron chi connectivity index (χ0n) is 11.8. The molecule has 18 heavy (non-hydrogen) atoms. The molecule has 0 aliphatic carbocycles. The van der Waals surface area contributed by atoms with Crippen LogP contribution in [0.4, 0.5) is 0 Å². The molecule has 100 valence electrons. The van der Waals surface area contributed by atoms with E-state index in [9.17, 15) is 4.79 Å². The van der Waals surface area contributed by atoms with Gasteiger partial charge in [-0.2, -0.15) is 0 Å². The molecular weight excluding hydrogens is 226 g/mol. The SMILES string of the molecule is CCN(CC(C)C)C(=O)Cc1cccc(OC)c1. The van der Waals surface area contributed by atoms with E-state index in [-0.39, 0.29) is 5.91 Å². The monoisotopic (exact) mass is 249 g/mol. The topological polar surface area (TPSA) is 29.5 Å². The minimum atomic E-state index is 0.180. The van der Waals surface area contributed by atoms with Gasteiger partial charge in [0.25, 0.3) is 0 Å². The first-order valence-electron chi connectivity index (χ1n) is 6.47. The van der Waals surface area contributed by atoms with Gasteiger partial charge in [0.2, 0.25) is 5.91 Å². The second-order valence-electron chi connectivity index (χ2n) is 4.85. The van der Waals surface area contributed by atoms with Crippen molar-refractivity contribution < 1.29 is 9.53 Å². The number of carbonyl (C=O) groups is 1. The normalized spacial score (nSPS) is 10.5. The summed E-state index contributed by atoms with van der Waals surface area (Å²) in [5, 5.41) is 0. The van der Waals surface area contributed by atoms with Crippen LogP contribution in [0.15, 0.2) is 24.3 Å². The van der Waals surface area contributed by atoms with Gasteiger partial charge in [-0.3, -0.25) is 4.79 Å². The summed E-state index contributed by atoms with van der Waals surface area (Å²) in [5.41, 5.74) is 1.00. The quantitative estimate of drug-likeness (QED) is 0.776. The fraction of sp³-hybridized carbons (Fsp3) is 0.533. The van der Waals surface area contributed by atoms with Crippen LogP contribution >= 0.6 is 0 Å². The molecule has 0 aliphatic heterocycles. The second kappa shape index (κ2) is 7.04. The average Bonchev–Trinajstić information content (AvgIpc) is 2.35. The van der Waals surface area contributed by atoms with Gasteiger partial charge in [-0.1, -0.05) is 26.0 Å². The summed E-state index contributed by atoms with van der Waals surface area (Å²) in [7, 11) is 1.64. The first-order valence-corrected chi connectivity index (χ1v) is 6.47. The van der Waals surface area contributed by atoms with E-state index in [1.54, 1.807) is 7.11 Å². The molecule has 0 aromatic heterocycles. The summed E-state index contributed by atoms with van der Waals surface area (Å²) in [5.74, 6) is 1.48. The number of methoxy groups -OCH3 is 1. The molecule has 0 fully saturated rings. The maximum absolute atomic E-state index is 12.2. The van der Waals surface area contributed by atoms with Crippen molar-refractivity contribution in [1.29, 1.82) is 0 Å². The number of rotatable bonds is 6. The molecule has 0 spiro atoms. The number of ether oxygens (including phenoxy) is 1. The van der Waals surface area contributed by atoms with Crippen LogP contribution in [-0.4, -0.2) is 31.0 Å². The summed E-state index contributed by atoms with van der Waals surface area (Å²) in [4.78, 5) is 14.1. The van der Waals surface area contributed by atoms with Gasteiger partial charge < -0.3 is 9.64 Å². The van der Waals surface area contributed by atoms with Crippen LogP contribution in [0.1, 0.15) is 26.3 Å². The van der Waals surface area contributed by atoms with E-state index in [0.29, 0.717) is 12.3 Å². The molecule has 3 nitrogen and oxygen atoms in total. The van der Waals surface area contributed by atoms with Gasteiger partial charge in [0.05, 0.1) is 13.5 Å². The van der Waals surface area contributed by atoms with Gasteiger partial charge in [-0.15, -0.1) is 0 Å². The van der Waals surface area contributed by atoms with Crippen LogP contribution in [0.2, 0.25) is 0 Å². The minimum Gasteiger partial charge on any atom is -0.497 e. The Morgan fingerprint density at radius 2 is 2.11 bits per heavy atom. The van der Waals surface area contributed by atoms with Crippen LogP contribution in [0.3, 0.4) is 0 Å². The third-order valence-corrected chi connectivity index (χ3v) is 2.81. The molecule has 1 rings (SSSR count). The number of hydrogen-bond acceptors (Lipinski definition) is 2. The molecule has 1 aromatic rings. The molecule has 0 saturated heterocycles. The highest BCUT2D eigenvalue weighted by Gasteiger charge is 2.13. The van der Waals surface area contributed by atoms with E-state index in [0.717, 1.165) is 24.4 Å². The highest BCUT2D eigenvalue weighted by molar-refractivity contribution is 5.78. The lowest BCUT2D eigenvalue weighted by atomic mass is 10.1. The Morgan fingerprint density at radius 1 is 1.39 bits per heavy atom. The maximum atomic E-state index is 12.2. The summed E-state index contributed by atoms with van der Waals surface area (Å²) >= 11 is 0. The third-order valence-electron chi connectivity index (χ3n) is 2.81. The van der Waals surface area contributed by atoms with E-state index < -0.39 is 0 Å². The van der Waals surface area contributed by atoms with Crippen LogP contribution in [0.5, 0.6) is 5.75 Å². The highest BCUT2D eigenvalue weighted by Crippen LogP contribution is 2.14. The molecular formula is C15H23NO2. The van der Waals surface area contributed by atoms with Crippen molar-refractivity contribution in [2.24, 2.45) is 5.92 Å². The van der Waals surface area contributed by atoms with Gasteiger partial charge in [0, 0.05) is 13.1 Å². The van der Waals surface area contributed by atoms with Crippen molar-refractivity contribution >= 4 is 5.91 Å². The lowest BCUT2D eigenvalue weighted by Gasteiger charge is -2.23. The molecule has 1 aromatic carbocycles. The molecule has 0 radical (unpaired) electrons. The summed E-state index contributed by atoms with van der Waals surface area (Å²) < 4.78 is 5.16. The van der Waals surface area contributed by atoms with E-state index in [4.69, 9.17) is 4.74 Å². The predicted molar refractivity (Wildman–Crippen MR) is 73.8 cm³/mol. The largest absolute Gasteiger partial charge is 0.497 e. The predicted octanol–water partition coefficient (Wildman–Crippen LogP) is 2.74. The summed E-state index contributed by atoms with van der Waals surface area (Å²) in [6.45, 7) is 7.86. The van der Waals surface area contributed by atoms with Crippen molar-refractivity contribution in [3.63, 3.8) is 0 Å². The molecule has 0 aliphatic rings. The van der Waals surface area contributed by atoms with E-state index in [1.165, 1.54) is 0 Å². The minimum absolute atomic E-state index is 0.180. The van der Waals surface area contributed by atoms with Crippen LogP contribution < -0.4 is 4.74 Å². The molecule has 0 N–H and O–H groups in total. The van der Waals surface area contributed by atoms with Gasteiger partial charge in [-0.05, 0) is 30.5 Å². The van der Waals surface area contributed by atoms with Gasteiger partial charge in [0.1, 0.15) is 5.75 Å². The molecule has 0 saturated carbocycles. The number of benzene rings is 1. The number of amides is 1. The molecule has 0 bridgehead atoms. The Labute approximate surface area is 110 Å². The van der Waals surface area contributed by atoms with Crippen LogP contribution in [-0.2, 0) is 11.2 Å². The first-order chi connectivity index (χ1) is 8.56. The Balaban J connectivity index is 2.67. The fourth-order valence-corrected chi connectivity index (χ4v) is 1.92. The average molecular weight is 249 g/mol. The van der Waals surface area contributed by atoms with Gasteiger partial charge >= 0.3 is 0 Å². The Kier molecular flexibility index (Phi) is 5.69. The van der Waals surface area contributed by atoms with Gasteiger partial charge in [0.15, 0.2) is 0 Å². The fourth-order valence-electron chi connectivity index (χ4n) is 1.92. The smallest absolute Gasteiger partial charge is 0.226 e. The summed E-state index contributed by atoms with van der Waals surface area (Å²) in [6.07, 6.45) is 0.442. The second-order valence-corrected chi connectivity index (χ2v) is 4.85. The lowest BCUT2D eigenvalue weighted by molar-refractivity contribution is -0.130. The molecule has 3 heteroatoms. The van der Waals surface area contributed by atoms with Crippen molar-refractivity contribution in [1.82, 2.24) is 4.90 Å². The van der Waals surface area contributed by atoms with Crippen molar-refractivity contribution in [2.45, 2.75) is 27.2 Å². The first kappa shape index (κ1) is 14.6. The number of hydrogen-bond donors (Lipinski definition) is 0. The zero-order valence-corrected chi connectivity index (χ0v) is 11.8. The molecule has 0 heterocycles. The number of likely N-dealkylation sites (N-methyl/N-ethyl adjacent to an activating group) is 1. The van der Waals surface area contributed by atoms with E-state index in [1.807, 2.05) is 36.1 Å². The lowest BCUT2D eigenvalue weighted by Crippen LogP contribution is -2.35. The highest BCUT2D eigenvalue weighted by atomic mass is 16.5. The summed E-state index contributed by atoms with van der Waals surface area (Å²) in [6, 6.07) is 7.69. The van der Waals surface area contributed by atoms with E-state index in [2.05, 4.69) is 13.8 Å². The standard InChI is InChI=1S/C15H23NO2/c1-5-16(11-12(2)3)15(17)10-13-7-6-8-14(9-13)18-4/h6-9,12H,5,10-11H2,1-4H3. The maximum Gasteiger partial charge on any atom is 0.226 e. The zero-order chi connectivity index (χ0) is 13.5. The Morgan fingerprint density at radius 3 is 2.67 bits per heavy atom. The van der Waals surface area contributed by atoms with E-state index >= 15 is 0 Å². The third kappa shape index (κ3) is 4.40. The Bertz CT molecular complexity index is 388. The molecule has 1 amide bonds. The van der Waals surface area contributed by atoms with Crippen molar-refractivity contribution in [2.75, 3.05) is 20.2 Å². The number of nitrogens with zero attached hydrogens (tertiary/aromatic N) is 1. The number of carbonyl (C=O) groups excluding carboxylic acids is 1. The van der Waals surface area contributed by atoms with Crippen molar-refractivity contribution in [3.8, 4) is 5.75 Å². The van der Waals surface area contributed by atoms with Crippen LogP contribution in [0.25, 0.3) is 0 Å². The molecule has 0 unspecified atom stereocenters. The molecule has 0 atom stereocenters.